The highest BCUT2D eigenvalue weighted by molar-refractivity contribution is 6.24. The largest absolute Gasteiger partial charge is 0.455 e. The number of fused-ring (bicyclic) bond motifs is 7. The van der Waals surface area contributed by atoms with Crippen LogP contribution in [0, 0.1) is 0 Å². The molecule has 2 heterocycles. The lowest BCUT2D eigenvalue weighted by atomic mass is 9.85. The van der Waals surface area contributed by atoms with E-state index < -0.39 is 0 Å². The molecule has 0 bridgehead atoms. The van der Waals surface area contributed by atoms with E-state index in [0.29, 0.717) is 0 Å². The summed E-state index contributed by atoms with van der Waals surface area (Å²) in [4.78, 5) is 0. The number of rotatable bonds is 5. The van der Waals surface area contributed by atoms with Crippen LogP contribution in [0.15, 0.2) is 215 Å². The van der Waals surface area contributed by atoms with Gasteiger partial charge in [0.25, 0.3) is 0 Å². The Morgan fingerprint density at radius 1 is 0.259 bits per heavy atom. The van der Waals surface area contributed by atoms with Crippen LogP contribution in [0.25, 0.3) is 121 Å². The third-order valence-corrected chi connectivity index (χ3v) is 11.9. The average Bonchev–Trinajstić information content (AvgIpc) is 3.86. The normalized spacial score (nSPS) is 11.8. The zero-order chi connectivity index (χ0) is 38.2. The number of hydrogen-bond acceptors (Lipinski definition) is 2. The highest BCUT2D eigenvalue weighted by atomic mass is 16.3. The molecule has 2 nitrogen and oxygen atoms in total. The van der Waals surface area contributed by atoms with Crippen molar-refractivity contribution in [3.05, 3.63) is 206 Å². The van der Waals surface area contributed by atoms with Gasteiger partial charge in [0.2, 0.25) is 0 Å². The molecule has 0 atom stereocenters. The van der Waals surface area contributed by atoms with Gasteiger partial charge >= 0.3 is 0 Å². The number of hydrogen-bond donors (Lipinski definition) is 0. The van der Waals surface area contributed by atoms with Crippen molar-refractivity contribution in [1.29, 1.82) is 0 Å². The molecular formula is C56H34O2. The van der Waals surface area contributed by atoms with E-state index in [9.17, 15) is 0 Å². The van der Waals surface area contributed by atoms with Crippen molar-refractivity contribution < 1.29 is 8.83 Å². The first-order valence-corrected chi connectivity index (χ1v) is 19.8. The molecule has 0 radical (unpaired) electrons. The monoisotopic (exact) mass is 738 g/mol. The van der Waals surface area contributed by atoms with Gasteiger partial charge in [0.15, 0.2) is 0 Å². The molecule has 58 heavy (non-hydrogen) atoms. The van der Waals surface area contributed by atoms with Crippen LogP contribution >= 0.6 is 0 Å². The van der Waals surface area contributed by atoms with E-state index in [4.69, 9.17) is 8.83 Å². The minimum atomic E-state index is 0.878. The lowest BCUT2D eigenvalue weighted by Crippen LogP contribution is -1.91. The molecule has 12 aromatic rings. The van der Waals surface area contributed by atoms with Gasteiger partial charge in [-0.15, -0.1) is 0 Å². The summed E-state index contributed by atoms with van der Waals surface area (Å²) in [7, 11) is 0. The first kappa shape index (κ1) is 32.6. The van der Waals surface area contributed by atoms with Gasteiger partial charge in [0.05, 0.1) is 0 Å². The quantitative estimate of drug-likeness (QED) is 0.164. The van der Waals surface area contributed by atoms with Gasteiger partial charge in [-0.25, -0.2) is 0 Å². The summed E-state index contributed by atoms with van der Waals surface area (Å²) in [5, 5.41) is 10.6. The van der Waals surface area contributed by atoms with Crippen LogP contribution in [0.2, 0.25) is 0 Å². The van der Waals surface area contributed by atoms with Gasteiger partial charge in [0.1, 0.15) is 22.5 Å². The second-order valence-corrected chi connectivity index (χ2v) is 15.1. The molecule has 2 heteroatoms. The fourth-order valence-electron chi connectivity index (χ4n) is 9.20. The Kier molecular flexibility index (Phi) is 7.26. The van der Waals surface area contributed by atoms with Gasteiger partial charge in [-0.2, -0.15) is 0 Å². The minimum absolute atomic E-state index is 0.878. The van der Waals surface area contributed by atoms with Crippen LogP contribution in [0.5, 0.6) is 0 Å². The Labute approximate surface area is 334 Å². The smallest absolute Gasteiger partial charge is 0.143 e. The van der Waals surface area contributed by atoms with Crippen LogP contribution in [-0.4, -0.2) is 0 Å². The number of furan rings is 2. The van der Waals surface area contributed by atoms with Crippen molar-refractivity contribution in [3.8, 4) is 55.8 Å². The zero-order valence-electron chi connectivity index (χ0n) is 31.4. The fraction of sp³-hybridized carbons (Fsp3) is 0. The molecule has 0 N–H and O–H groups in total. The maximum atomic E-state index is 6.79. The Balaban J connectivity index is 1.01. The summed E-state index contributed by atoms with van der Waals surface area (Å²) >= 11 is 0. The van der Waals surface area contributed by atoms with E-state index >= 15 is 0 Å². The molecule has 10 aromatic carbocycles. The summed E-state index contributed by atoms with van der Waals surface area (Å²) < 4.78 is 13.4. The molecule has 0 unspecified atom stereocenters. The minimum Gasteiger partial charge on any atom is -0.455 e. The predicted molar refractivity (Wildman–Crippen MR) is 243 cm³/mol. The van der Waals surface area contributed by atoms with Gasteiger partial charge in [0, 0.05) is 38.4 Å². The lowest BCUT2D eigenvalue weighted by molar-refractivity contribution is 0.632. The fourth-order valence-corrected chi connectivity index (χ4v) is 9.20. The summed E-state index contributed by atoms with van der Waals surface area (Å²) in [6.07, 6.45) is 0. The molecule has 0 saturated carbocycles. The van der Waals surface area contributed by atoms with Crippen LogP contribution in [0.4, 0.5) is 0 Å². The first-order chi connectivity index (χ1) is 28.8. The number of para-hydroxylation sites is 1. The summed E-state index contributed by atoms with van der Waals surface area (Å²) in [5.74, 6) is 0.890. The summed E-state index contributed by atoms with van der Waals surface area (Å²) in [5.41, 5.74) is 13.0. The van der Waals surface area contributed by atoms with E-state index in [0.717, 1.165) is 72.0 Å². The lowest BCUT2D eigenvalue weighted by Gasteiger charge is -2.18. The standard InChI is InChI=1S/C56H34O2/c1-3-14-36(15-4-1)53-49-33-41(30-31-50(49)57-55(53)38-16-5-2-6-17-38)35-26-28-37(29-27-35)52-42-20-9-11-22-44(42)54(45-23-12-10-21-43(45)52)47-25-13-24-46-48-32-39-18-7-8-19-40(39)34-51(48)58-56(46)47/h1-34H. The molecule has 0 spiro atoms. The van der Waals surface area contributed by atoms with Crippen molar-refractivity contribution >= 4 is 65.2 Å². The molecule has 0 amide bonds. The van der Waals surface area contributed by atoms with Crippen LogP contribution in [0.1, 0.15) is 0 Å². The van der Waals surface area contributed by atoms with Crippen LogP contribution < -0.4 is 0 Å². The van der Waals surface area contributed by atoms with Gasteiger partial charge in [-0.3, -0.25) is 0 Å². The van der Waals surface area contributed by atoms with E-state index in [1.807, 2.05) is 6.07 Å². The van der Waals surface area contributed by atoms with Crippen LogP contribution in [0.3, 0.4) is 0 Å². The van der Waals surface area contributed by atoms with Crippen LogP contribution in [-0.2, 0) is 0 Å². The molecule has 0 aliphatic heterocycles. The Morgan fingerprint density at radius 3 is 1.48 bits per heavy atom. The Morgan fingerprint density at radius 2 is 0.793 bits per heavy atom. The van der Waals surface area contributed by atoms with E-state index in [1.165, 1.54) is 49.0 Å². The summed E-state index contributed by atoms with van der Waals surface area (Å²) in [6.45, 7) is 0. The van der Waals surface area contributed by atoms with Gasteiger partial charge < -0.3 is 8.83 Å². The maximum Gasteiger partial charge on any atom is 0.143 e. The van der Waals surface area contributed by atoms with E-state index in [-0.39, 0.29) is 0 Å². The zero-order valence-corrected chi connectivity index (χ0v) is 31.4. The number of benzene rings is 10. The third-order valence-electron chi connectivity index (χ3n) is 11.9. The van der Waals surface area contributed by atoms with Crippen molar-refractivity contribution in [2.75, 3.05) is 0 Å². The van der Waals surface area contributed by atoms with Gasteiger partial charge in [-0.1, -0.05) is 182 Å². The van der Waals surface area contributed by atoms with Gasteiger partial charge in [-0.05, 0) is 84.4 Å². The SMILES string of the molecule is c1ccc(-c2oc3ccc(-c4ccc(-c5c6ccccc6c(-c6cccc7c6oc6cc8ccccc8cc67)c6ccccc56)cc4)cc3c2-c2ccccc2)cc1. The molecule has 0 aliphatic carbocycles. The average molecular weight is 739 g/mol. The molecule has 0 saturated heterocycles. The molecular weight excluding hydrogens is 705 g/mol. The van der Waals surface area contributed by atoms with E-state index in [1.54, 1.807) is 0 Å². The molecule has 270 valence electrons. The molecule has 2 aromatic heterocycles. The third kappa shape index (κ3) is 5.05. The Hall–Kier alpha value is -7.68. The van der Waals surface area contributed by atoms with Crippen molar-refractivity contribution in [3.63, 3.8) is 0 Å². The van der Waals surface area contributed by atoms with Crippen molar-refractivity contribution in [1.82, 2.24) is 0 Å². The highest BCUT2D eigenvalue weighted by Crippen LogP contribution is 2.47. The molecule has 0 aliphatic rings. The highest BCUT2D eigenvalue weighted by Gasteiger charge is 2.22. The summed E-state index contributed by atoms with van der Waals surface area (Å²) in [6, 6.07) is 73.8. The molecule has 0 fully saturated rings. The second-order valence-electron chi connectivity index (χ2n) is 15.1. The first-order valence-electron chi connectivity index (χ1n) is 19.8. The topological polar surface area (TPSA) is 26.3 Å². The maximum absolute atomic E-state index is 6.79. The second kappa shape index (κ2) is 12.9. The predicted octanol–water partition coefficient (Wildman–Crippen LogP) is 16.1. The van der Waals surface area contributed by atoms with Crippen molar-refractivity contribution in [2.45, 2.75) is 0 Å². The Bertz CT molecular complexity index is 3480. The van der Waals surface area contributed by atoms with Crippen molar-refractivity contribution in [2.24, 2.45) is 0 Å². The molecule has 12 rings (SSSR count). The van der Waals surface area contributed by atoms with E-state index in [2.05, 4.69) is 200 Å².